The van der Waals surface area contributed by atoms with Crippen molar-refractivity contribution in [2.24, 2.45) is 0 Å². The summed E-state index contributed by atoms with van der Waals surface area (Å²) in [5.41, 5.74) is 2.82. The van der Waals surface area contributed by atoms with Crippen LogP contribution in [0.15, 0.2) is 73.3 Å². The molecule has 5 rings (SSSR count). The topological polar surface area (TPSA) is 65.1 Å². The monoisotopic (exact) mass is 491 g/mol. The maximum absolute atomic E-state index is 13.5. The Labute approximate surface area is 205 Å². The number of fused-ring (bicyclic) bond motifs is 2. The zero-order valence-corrected chi connectivity index (χ0v) is 19.6. The molecule has 9 heteroatoms. The van der Waals surface area contributed by atoms with Gasteiger partial charge in [-0.25, -0.2) is 9.97 Å². The van der Waals surface area contributed by atoms with Gasteiger partial charge in [0.2, 0.25) is 0 Å². The molecule has 0 fully saturated rings. The fourth-order valence-electron chi connectivity index (χ4n) is 3.96. The second kappa shape index (κ2) is 11.2. The quantitative estimate of drug-likeness (QED) is 0.442. The van der Waals surface area contributed by atoms with E-state index >= 15 is 0 Å². The van der Waals surface area contributed by atoms with E-state index in [9.17, 15) is 4.79 Å². The minimum atomic E-state index is 0. The van der Waals surface area contributed by atoms with Crippen molar-refractivity contribution in [3.05, 3.63) is 90.1 Å². The van der Waals surface area contributed by atoms with Crippen LogP contribution in [0.5, 0.6) is 0 Å². The summed E-state index contributed by atoms with van der Waals surface area (Å²) in [7, 11) is 0. The number of amides is 1. The van der Waals surface area contributed by atoms with Crippen LogP contribution >= 0.6 is 37.2 Å². The molecule has 2 aromatic carbocycles. The second-order valence-corrected chi connectivity index (χ2v) is 7.24. The predicted molar refractivity (Wildman–Crippen MR) is 134 cm³/mol. The zero-order chi connectivity index (χ0) is 19.6. The van der Waals surface area contributed by atoms with Crippen LogP contribution in [0.1, 0.15) is 21.6 Å². The van der Waals surface area contributed by atoms with Crippen LogP contribution in [0.25, 0.3) is 10.8 Å². The molecule has 1 amide bonds. The molecule has 0 saturated carbocycles. The number of imidazole rings is 1. The summed E-state index contributed by atoms with van der Waals surface area (Å²) in [5.74, 6) is 0.982. The molecule has 0 saturated heterocycles. The lowest BCUT2D eigenvalue weighted by atomic mass is 10.0. The van der Waals surface area contributed by atoms with Gasteiger partial charge in [0.25, 0.3) is 5.91 Å². The van der Waals surface area contributed by atoms with Crippen LogP contribution in [-0.2, 0) is 13.1 Å². The molecule has 0 radical (unpaired) electrons. The normalized spacial score (nSPS) is 12.6. The molecule has 1 N–H and O–H groups in total. The standard InChI is InChI=1S/C23H21N5O.3ClH/c29-23(21-9-3-6-17-5-1-2-8-20(17)21)28-12-11-27(15-19-13-24-16-26-19)22-18(14-28)7-4-10-25-22;;;/h1-10,13,16H,11-12,14-15H2,(H,24,26);3*1H. The first-order valence-electron chi connectivity index (χ1n) is 9.73. The van der Waals surface area contributed by atoms with E-state index in [4.69, 9.17) is 0 Å². The van der Waals surface area contributed by atoms with Crippen molar-refractivity contribution in [2.45, 2.75) is 13.1 Å². The Hall–Kier alpha value is -2.80. The number of anilines is 1. The van der Waals surface area contributed by atoms with Crippen LogP contribution in [0.4, 0.5) is 5.82 Å². The van der Waals surface area contributed by atoms with Gasteiger partial charge in [0, 0.05) is 43.2 Å². The Morgan fingerprint density at radius 2 is 1.78 bits per heavy atom. The van der Waals surface area contributed by atoms with Crippen molar-refractivity contribution in [1.82, 2.24) is 19.9 Å². The van der Waals surface area contributed by atoms with E-state index in [2.05, 4.69) is 25.9 Å². The summed E-state index contributed by atoms with van der Waals surface area (Å²) < 4.78 is 0. The van der Waals surface area contributed by atoms with E-state index in [-0.39, 0.29) is 43.1 Å². The van der Waals surface area contributed by atoms with Crippen molar-refractivity contribution < 1.29 is 4.79 Å². The predicted octanol–water partition coefficient (Wildman–Crippen LogP) is 4.89. The third-order valence-corrected chi connectivity index (χ3v) is 5.39. The average Bonchev–Trinajstić information content (AvgIpc) is 3.21. The molecular formula is C23H24Cl3N5O. The Morgan fingerprint density at radius 3 is 2.59 bits per heavy atom. The number of nitrogens with one attached hydrogen (secondary N) is 1. The Balaban J connectivity index is 0.00000121. The molecule has 6 nitrogen and oxygen atoms in total. The van der Waals surface area contributed by atoms with Gasteiger partial charge in [0.15, 0.2) is 0 Å². The number of aromatic amines is 1. The van der Waals surface area contributed by atoms with Crippen LogP contribution < -0.4 is 4.90 Å². The van der Waals surface area contributed by atoms with Crippen LogP contribution in [0.2, 0.25) is 0 Å². The molecule has 1 aliphatic heterocycles. The summed E-state index contributed by atoms with van der Waals surface area (Å²) in [5, 5.41) is 2.07. The summed E-state index contributed by atoms with van der Waals surface area (Å²) in [6.07, 6.45) is 5.32. The summed E-state index contributed by atoms with van der Waals surface area (Å²) in [6, 6.07) is 17.9. The zero-order valence-electron chi connectivity index (χ0n) is 17.2. The first kappa shape index (κ1) is 25.5. The largest absolute Gasteiger partial charge is 0.349 e. The van der Waals surface area contributed by atoms with E-state index in [1.807, 2.05) is 59.6 Å². The number of hydrogen-bond acceptors (Lipinski definition) is 4. The highest BCUT2D eigenvalue weighted by Gasteiger charge is 2.25. The highest BCUT2D eigenvalue weighted by Crippen LogP contribution is 2.26. The molecule has 3 heterocycles. The van der Waals surface area contributed by atoms with Crippen molar-refractivity contribution in [2.75, 3.05) is 18.0 Å². The first-order chi connectivity index (χ1) is 14.3. The number of nitrogens with zero attached hydrogens (tertiary/aromatic N) is 4. The van der Waals surface area contributed by atoms with Crippen molar-refractivity contribution >= 4 is 59.7 Å². The van der Waals surface area contributed by atoms with E-state index in [1.54, 1.807) is 12.5 Å². The summed E-state index contributed by atoms with van der Waals surface area (Å²) >= 11 is 0. The lowest BCUT2D eigenvalue weighted by molar-refractivity contribution is 0.0753. The van der Waals surface area contributed by atoms with E-state index in [0.29, 0.717) is 26.2 Å². The highest BCUT2D eigenvalue weighted by atomic mass is 35.5. The third kappa shape index (κ3) is 4.99. The van der Waals surface area contributed by atoms with Gasteiger partial charge in [-0.05, 0) is 22.9 Å². The number of halogens is 3. The van der Waals surface area contributed by atoms with Gasteiger partial charge in [0.05, 0.1) is 18.6 Å². The highest BCUT2D eigenvalue weighted by molar-refractivity contribution is 6.07. The van der Waals surface area contributed by atoms with Gasteiger partial charge in [-0.1, -0.05) is 42.5 Å². The third-order valence-electron chi connectivity index (χ3n) is 5.39. The Kier molecular flexibility index (Phi) is 8.89. The molecule has 0 aliphatic carbocycles. The van der Waals surface area contributed by atoms with Crippen molar-refractivity contribution in [1.29, 1.82) is 0 Å². The maximum atomic E-state index is 13.5. The van der Waals surface area contributed by atoms with Crippen LogP contribution in [0, 0.1) is 0 Å². The smallest absolute Gasteiger partial charge is 0.254 e. The lowest BCUT2D eigenvalue weighted by Gasteiger charge is -2.23. The van der Waals surface area contributed by atoms with Gasteiger partial charge >= 0.3 is 0 Å². The van der Waals surface area contributed by atoms with Gasteiger partial charge in [-0.2, -0.15) is 0 Å². The molecule has 32 heavy (non-hydrogen) atoms. The SMILES string of the molecule is Cl.Cl.Cl.O=C(c1cccc2ccccc12)N1CCN(Cc2cnc[nH]2)c2ncccc2C1. The summed E-state index contributed by atoms with van der Waals surface area (Å²) in [4.78, 5) is 29.5. The van der Waals surface area contributed by atoms with Crippen LogP contribution in [0.3, 0.4) is 0 Å². The lowest BCUT2D eigenvalue weighted by Crippen LogP contribution is -2.35. The fraction of sp³-hybridized carbons (Fsp3) is 0.174. The Morgan fingerprint density at radius 1 is 0.969 bits per heavy atom. The minimum Gasteiger partial charge on any atom is -0.349 e. The summed E-state index contributed by atoms with van der Waals surface area (Å²) in [6.45, 7) is 2.57. The number of carbonyl (C=O) groups excluding carboxylic acids is 1. The van der Waals surface area contributed by atoms with Gasteiger partial charge < -0.3 is 14.8 Å². The number of benzene rings is 2. The number of aromatic nitrogens is 3. The fourth-order valence-corrected chi connectivity index (χ4v) is 3.96. The van der Waals surface area contributed by atoms with Gasteiger partial charge in [-0.15, -0.1) is 37.2 Å². The van der Waals surface area contributed by atoms with Crippen molar-refractivity contribution in [3.63, 3.8) is 0 Å². The number of hydrogen-bond donors (Lipinski definition) is 1. The molecule has 1 aliphatic rings. The molecule has 0 spiro atoms. The molecule has 0 atom stereocenters. The maximum Gasteiger partial charge on any atom is 0.254 e. The molecule has 168 valence electrons. The van der Waals surface area contributed by atoms with Gasteiger partial charge in [0.1, 0.15) is 5.82 Å². The molecule has 0 bridgehead atoms. The second-order valence-electron chi connectivity index (χ2n) is 7.24. The van der Waals surface area contributed by atoms with E-state index < -0.39 is 0 Å². The van der Waals surface area contributed by atoms with E-state index in [0.717, 1.165) is 33.4 Å². The number of carbonyl (C=O) groups is 1. The van der Waals surface area contributed by atoms with Crippen LogP contribution in [-0.4, -0.2) is 38.8 Å². The number of pyridine rings is 1. The first-order valence-corrected chi connectivity index (χ1v) is 9.73. The Bertz CT molecular complexity index is 1160. The van der Waals surface area contributed by atoms with E-state index in [1.165, 1.54) is 0 Å². The molecule has 0 unspecified atom stereocenters. The molecule has 2 aromatic heterocycles. The number of rotatable bonds is 3. The molecular weight excluding hydrogens is 469 g/mol. The van der Waals surface area contributed by atoms with Crippen molar-refractivity contribution in [3.8, 4) is 0 Å². The number of H-pyrrole nitrogens is 1. The average molecular weight is 493 g/mol. The molecule has 4 aromatic rings. The van der Waals surface area contributed by atoms with Gasteiger partial charge in [-0.3, -0.25) is 4.79 Å². The minimum absolute atomic E-state index is 0.